The van der Waals surface area contributed by atoms with Crippen molar-refractivity contribution in [3.8, 4) is 22.4 Å². The van der Waals surface area contributed by atoms with Gasteiger partial charge in [-0.05, 0) is 44.9 Å². The number of fused-ring (bicyclic) bond motifs is 2. The third-order valence-corrected chi connectivity index (χ3v) is 7.23. The highest BCUT2D eigenvalue weighted by Gasteiger charge is 2.27. The average Bonchev–Trinajstić information content (AvgIpc) is 3.54. The first kappa shape index (κ1) is 25.9. The van der Waals surface area contributed by atoms with E-state index < -0.39 is 17.2 Å². The molecule has 40 heavy (non-hydrogen) atoms. The first-order chi connectivity index (χ1) is 19.1. The summed E-state index contributed by atoms with van der Waals surface area (Å²) in [5, 5.41) is 15.3. The summed E-state index contributed by atoms with van der Waals surface area (Å²) in [7, 11) is 0. The van der Waals surface area contributed by atoms with Gasteiger partial charge in [0.15, 0.2) is 0 Å². The number of nitrogens with two attached hydrogens (primary N) is 1. The van der Waals surface area contributed by atoms with Crippen LogP contribution in [0.4, 0.5) is 20.4 Å². The zero-order chi connectivity index (χ0) is 28.2. The van der Waals surface area contributed by atoms with Crippen LogP contribution in [0, 0.1) is 18.2 Å². The maximum atomic E-state index is 15.9. The van der Waals surface area contributed by atoms with Gasteiger partial charge in [0.25, 0.3) is 0 Å². The molecule has 0 amide bonds. The number of halogens is 2. The Kier molecular flexibility index (Phi) is 6.24. The van der Waals surface area contributed by atoms with Crippen LogP contribution in [0.2, 0.25) is 0 Å². The summed E-state index contributed by atoms with van der Waals surface area (Å²) in [4.78, 5) is 14.9. The quantitative estimate of drug-likeness (QED) is 0.305. The number of nitrogens with zero attached hydrogens (tertiary/aromatic N) is 7. The number of hydrogen-bond acceptors (Lipinski definition) is 6. The smallest absolute Gasteiger partial charge is 0.222 e. The minimum absolute atomic E-state index is 0.109. The number of piperidine rings is 1. The number of benzene rings is 2. The van der Waals surface area contributed by atoms with Gasteiger partial charge in [-0.2, -0.15) is 5.10 Å². The molecule has 11 heteroatoms. The fourth-order valence-corrected chi connectivity index (χ4v) is 5.27. The Morgan fingerprint density at radius 2 is 1.93 bits per heavy atom. The summed E-state index contributed by atoms with van der Waals surface area (Å²) in [5.74, 6) is -0.604. The zero-order valence-corrected chi connectivity index (χ0v) is 22.1. The largest absolute Gasteiger partial charge is 0.389 e. The Balaban J connectivity index is 1.63. The van der Waals surface area contributed by atoms with Crippen LogP contribution in [-0.2, 0) is 6.54 Å². The SMILES string of the molecule is [C-]#[N+]c1ccc(-c2nc(N3CCC(N)CC3)n3ccnc3c2-c2cc3c(cnn3CC(C)(C)O)cc2F)cc1F. The van der Waals surface area contributed by atoms with Gasteiger partial charge in [-0.15, -0.1) is 0 Å². The van der Waals surface area contributed by atoms with Crippen LogP contribution in [0.15, 0.2) is 48.9 Å². The van der Waals surface area contributed by atoms with E-state index in [0.29, 0.717) is 52.4 Å². The molecule has 5 aromatic rings. The minimum Gasteiger partial charge on any atom is -0.389 e. The maximum Gasteiger partial charge on any atom is 0.222 e. The molecule has 3 aromatic heterocycles. The Hall–Kier alpha value is -4.40. The molecule has 204 valence electrons. The Labute approximate surface area is 229 Å². The highest BCUT2D eigenvalue weighted by Crippen LogP contribution is 2.40. The minimum atomic E-state index is -1.04. The predicted octanol–water partition coefficient (Wildman–Crippen LogP) is 4.94. The lowest BCUT2D eigenvalue weighted by atomic mass is 9.98. The summed E-state index contributed by atoms with van der Waals surface area (Å²) < 4.78 is 34.2. The first-order valence-corrected chi connectivity index (χ1v) is 13.1. The normalized spacial score (nSPS) is 14.8. The molecule has 2 aromatic carbocycles. The number of aromatic nitrogens is 5. The molecule has 0 atom stereocenters. The third-order valence-electron chi connectivity index (χ3n) is 7.23. The predicted molar refractivity (Wildman–Crippen MR) is 149 cm³/mol. The van der Waals surface area contributed by atoms with Crippen molar-refractivity contribution in [1.82, 2.24) is 24.1 Å². The highest BCUT2D eigenvalue weighted by molar-refractivity contribution is 5.95. The van der Waals surface area contributed by atoms with E-state index in [9.17, 15) is 9.50 Å². The van der Waals surface area contributed by atoms with Crippen LogP contribution in [0.25, 0.3) is 43.8 Å². The molecule has 1 aliphatic rings. The van der Waals surface area contributed by atoms with E-state index in [0.717, 1.165) is 12.8 Å². The van der Waals surface area contributed by atoms with E-state index >= 15 is 4.39 Å². The van der Waals surface area contributed by atoms with Crippen LogP contribution in [0.3, 0.4) is 0 Å². The van der Waals surface area contributed by atoms with Crippen LogP contribution >= 0.6 is 0 Å². The summed E-state index contributed by atoms with van der Waals surface area (Å²) >= 11 is 0. The van der Waals surface area contributed by atoms with Crippen molar-refractivity contribution < 1.29 is 13.9 Å². The van der Waals surface area contributed by atoms with Gasteiger partial charge in [-0.3, -0.25) is 9.08 Å². The van der Waals surface area contributed by atoms with Crippen molar-refractivity contribution >= 4 is 28.2 Å². The summed E-state index contributed by atoms with van der Waals surface area (Å²) in [6.07, 6.45) is 6.54. The number of aliphatic hydroxyl groups is 1. The van der Waals surface area contributed by atoms with Gasteiger partial charge < -0.3 is 15.7 Å². The molecule has 0 saturated carbocycles. The molecule has 1 saturated heterocycles. The van der Waals surface area contributed by atoms with Gasteiger partial charge in [0.05, 0.1) is 41.7 Å². The van der Waals surface area contributed by atoms with E-state index in [-0.39, 0.29) is 23.8 Å². The van der Waals surface area contributed by atoms with Gasteiger partial charge in [-0.25, -0.2) is 23.6 Å². The molecule has 0 bridgehead atoms. The average molecular weight is 543 g/mol. The van der Waals surface area contributed by atoms with Gasteiger partial charge in [0, 0.05) is 48.0 Å². The fourth-order valence-electron chi connectivity index (χ4n) is 5.27. The van der Waals surface area contributed by atoms with Crippen molar-refractivity contribution in [2.75, 3.05) is 18.0 Å². The monoisotopic (exact) mass is 542 g/mol. The van der Waals surface area contributed by atoms with Crippen molar-refractivity contribution in [3.05, 3.63) is 72.0 Å². The Morgan fingerprint density at radius 3 is 2.62 bits per heavy atom. The zero-order valence-electron chi connectivity index (χ0n) is 22.1. The lowest BCUT2D eigenvalue weighted by Gasteiger charge is -2.32. The van der Waals surface area contributed by atoms with Gasteiger partial charge in [-0.1, -0.05) is 12.1 Å². The molecule has 0 spiro atoms. The Morgan fingerprint density at radius 1 is 1.15 bits per heavy atom. The van der Waals surface area contributed by atoms with Crippen molar-refractivity contribution in [1.29, 1.82) is 0 Å². The van der Waals surface area contributed by atoms with Gasteiger partial charge in [0.1, 0.15) is 17.3 Å². The summed E-state index contributed by atoms with van der Waals surface area (Å²) in [6.45, 7) is 12.2. The maximum absolute atomic E-state index is 15.9. The second kappa shape index (κ2) is 9.66. The Bertz CT molecular complexity index is 1790. The second-order valence-electron chi connectivity index (χ2n) is 10.9. The molecular weight excluding hydrogens is 514 g/mol. The molecule has 4 heterocycles. The van der Waals surface area contributed by atoms with Crippen molar-refractivity contribution in [2.45, 2.75) is 44.9 Å². The second-order valence-corrected chi connectivity index (χ2v) is 10.9. The number of hydrogen-bond donors (Lipinski definition) is 2. The lowest BCUT2D eigenvalue weighted by molar-refractivity contribution is 0.0591. The standard InChI is InChI=1S/C29H28F2N8O/c1-29(2,40)16-39-24-14-20(21(30)13-18(24)15-35-39)25-26(17-4-5-23(33-3)22(31)12-17)36-28(38-11-8-34-27(25)38)37-9-6-19(32)7-10-37/h4-5,8,11-15,19,40H,6-7,9-10,16,32H2,1-2H3. The van der Waals surface area contributed by atoms with Crippen molar-refractivity contribution in [3.63, 3.8) is 0 Å². The molecule has 3 N–H and O–H groups in total. The lowest BCUT2D eigenvalue weighted by Crippen LogP contribution is -2.40. The van der Waals surface area contributed by atoms with E-state index in [1.54, 1.807) is 49.3 Å². The summed E-state index contributed by atoms with van der Waals surface area (Å²) in [5.41, 5.74) is 7.39. The molecule has 6 rings (SSSR count). The highest BCUT2D eigenvalue weighted by atomic mass is 19.1. The van der Waals surface area contributed by atoms with E-state index in [1.165, 1.54) is 18.2 Å². The molecule has 1 fully saturated rings. The first-order valence-electron chi connectivity index (χ1n) is 13.1. The van der Waals surface area contributed by atoms with Crippen LogP contribution in [-0.4, -0.2) is 54.0 Å². The van der Waals surface area contributed by atoms with Gasteiger partial charge >= 0.3 is 0 Å². The van der Waals surface area contributed by atoms with Crippen molar-refractivity contribution in [2.24, 2.45) is 5.73 Å². The van der Waals surface area contributed by atoms with E-state index in [4.69, 9.17) is 17.3 Å². The van der Waals surface area contributed by atoms with E-state index in [2.05, 4.69) is 19.8 Å². The molecular formula is C29H28F2N8O. The van der Waals surface area contributed by atoms with Crippen LogP contribution < -0.4 is 10.6 Å². The van der Waals surface area contributed by atoms with E-state index in [1.807, 2.05) is 4.40 Å². The van der Waals surface area contributed by atoms with Crippen LogP contribution in [0.5, 0.6) is 0 Å². The van der Waals surface area contributed by atoms with Crippen LogP contribution in [0.1, 0.15) is 26.7 Å². The molecule has 9 nitrogen and oxygen atoms in total. The third kappa shape index (κ3) is 4.55. The summed E-state index contributed by atoms with van der Waals surface area (Å²) in [6, 6.07) is 7.44. The fraction of sp³-hybridized carbons (Fsp3) is 0.310. The molecule has 0 radical (unpaired) electrons. The van der Waals surface area contributed by atoms with Gasteiger partial charge in [0.2, 0.25) is 11.6 Å². The number of rotatable bonds is 5. The molecule has 0 aliphatic carbocycles. The topological polar surface area (TPSA) is 102 Å². The number of anilines is 1. The molecule has 1 aliphatic heterocycles. The molecule has 0 unspecified atom stereocenters. The number of imidazole rings is 1.